The van der Waals surface area contributed by atoms with Crippen LogP contribution in [0, 0.1) is 0 Å². The third-order valence-electron chi connectivity index (χ3n) is 3.35. The van der Waals surface area contributed by atoms with Crippen LogP contribution in [0.25, 0.3) is 0 Å². The Kier molecular flexibility index (Phi) is 4.55. The van der Waals surface area contributed by atoms with Crippen molar-refractivity contribution in [3.63, 3.8) is 0 Å². The van der Waals surface area contributed by atoms with Gasteiger partial charge in [0.25, 0.3) is 0 Å². The Morgan fingerprint density at radius 1 is 1.29 bits per heavy atom. The predicted octanol–water partition coefficient (Wildman–Crippen LogP) is 3.82. The van der Waals surface area contributed by atoms with Gasteiger partial charge in [-0.25, -0.2) is 0 Å². The van der Waals surface area contributed by atoms with Gasteiger partial charge in [0.15, 0.2) is 0 Å². The molecule has 0 radical (unpaired) electrons. The quantitative estimate of drug-likeness (QED) is 0.860. The molecule has 1 aromatic carbocycles. The van der Waals surface area contributed by atoms with Crippen molar-refractivity contribution in [1.82, 2.24) is 0 Å². The lowest BCUT2D eigenvalue weighted by atomic mass is 10.1. The minimum atomic E-state index is -4.43. The summed E-state index contributed by atoms with van der Waals surface area (Å²) in [5.74, 6) is -0.433. The fourth-order valence-corrected chi connectivity index (χ4v) is 2.37. The number of hydrogen-bond acceptors (Lipinski definition) is 2. The number of rotatable bonds is 3. The van der Waals surface area contributed by atoms with Gasteiger partial charge in [0.1, 0.15) is 0 Å². The Balaban J connectivity index is 2.37. The highest BCUT2D eigenvalue weighted by Crippen LogP contribution is 2.36. The van der Waals surface area contributed by atoms with E-state index in [0.717, 1.165) is 38.1 Å². The molecule has 21 heavy (non-hydrogen) atoms. The molecule has 0 bridgehead atoms. The lowest BCUT2D eigenvalue weighted by Crippen LogP contribution is -2.21. The van der Waals surface area contributed by atoms with Gasteiger partial charge in [0, 0.05) is 13.1 Å². The molecule has 0 unspecified atom stereocenters. The first kappa shape index (κ1) is 15.4. The number of alkyl halides is 3. The molecule has 1 N–H and O–H groups in total. The standard InChI is InChI=1S/C15H17F3N2O/c1-2-5-14(21)19-12-10-11(15(16,17)18)6-7-13(12)20-8-3-4-9-20/h2,5-7,10H,3-4,8-9H2,1H3,(H,19,21)/b5-2+. The van der Waals surface area contributed by atoms with Crippen LogP contribution < -0.4 is 10.2 Å². The lowest BCUT2D eigenvalue weighted by molar-refractivity contribution is -0.137. The maximum absolute atomic E-state index is 12.8. The summed E-state index contributed by atoms with van der Waals surface area (Å²) in [6, 6.07) is 3.48. The summed E-state index contributed by atoms with van der Waals surface area (Å²) in [6.45, 7) is 3.25. The fourth-order valence-electron chi connectivity index (χ4n) is 2.37. The van der Waals surface area contributed by atoms with Crippen molar-refractivity contribution in [2.75, 3.05) is 23.3 Å². The van der Waals surface area contributed by atoms with Crippen LogP contribution in [0.15, 0.2) is 30.4 Å². The topological polar surface area (TPSA) is 32.3 Å². The summed E-state index contributed by atoms with van der Waals surface area (Å²) in [4.78, 5) is 13.6. The number of benzene rings is 1. The number of allylic oxidation sites excluding steroid dienone is 1. The Hall–Kier alpha value is -1.98. The van der Waals surface area contributed by atoms with E-state index in [2.05, 4.69) is 5.32 Å². The van der Waals surface area contributed by atoms with Crippen molar-refractivity contribution in [3.05, 3.63) is 35.9 Å². The first-order chi connectivity index (χ1) is 9.91. The van der Waals surface area contributed by atoms with Gasteiger partial charge >= 0.3 is 6.18 Å². The number of anilines is 2. The molecular formula is C15H17F3N2O. The van der Waals surface area contributed by atoms with Gasteiger partial charge in [-0.2, -0.15) is 13.2 Å². The van der Waals surface area contributed by atoms with Crippen molar-refractivity contribution in [3.8, 4) is 0 Å². The van der Waals surface area contributed by atoms with Gasteiger partial charge in [-0.1, -0.05) is 6.08 Å². The van der Waals surface area contributed by atoms with Gasteiger partial charge in [-0.05, 0) is 44.0 Å². The van der Waals surface area contributed by atoms with E-state index in [1.807, 2.05) is 4.90 Å². The van der Waals surface area contributed by atoms with Crippen molar-refractivity contribution in [2.45, 2.75) is 25.9 Å². The van der Waals surface area contributed by atoms with Crippen molar-refractivity contribution in [2.24, 2.45) is 0 Å². The third-order valence-corrected chi connectivity index (χ3v) is 3.35. The third kappa shape index (κ3) is 3.77. The van der Waals surface area contributed by atoms with Crippen LogP contribution in [0.4, 0.5) is 24.5 Å². The Bertz CT molecular complexity index is 546. The van der Waals surface area contributed by atoms with Crippen LogP contribution in [-0.2, 0) is 11.0 Å². The number of carbonyl (C=O) groups is 1. The van der Waals surface area contributed by atoms with E-state index in [-0.39, 0.29) is 5.69 Å². The molecule has 0 aliphatic carbocycles. The van der Waals surface area contributed by atoms with Crippen molar-refractivity contribution >= 4 is 17.3 Å². The molecule has 6 heteroatoms. The van der Waals surface area contributed by atoms with Gasteiger partial charge in [-0.15, -0.1) is 0 Å². The number of hydrogen-bond donors (Lipinski definition) is 1. The molecule has 0 atom stereocenters. The Labute approximate surface area is 121 Å². The van der Waals surface area contributed by atoms with Gasteiger partial charge in [-0.3, -0.25) is 4.79 Å². The summed E-state index contributed by atoms with van der Waals surface area (Å²) < 4.78 is 38.5. The normalized spacial score (nSPS) is 15.7. The zero-order chi connectivity index (χ0) is 15.5. The van der Waals surface area contributed by atoms with Gasteiger partial charge in [0.2, 0.25) is 5.91 Å². The molecule has 1 aliphatic heterocycles. The van der Waals surface area contributed by atoms with Crippen LogP contribution >= 0.6 is 0 Å². The molecule has 1 amide bonds. The van der Waals surface area contributed by atoms with E-state index >= 15 is 0 Å². The second kappa shape index (κ2) is 6.20. The summed E-state index contributed by atoms with van der Waals surface area (Å²) in [5.41, 5.74) is 0.0782. The van der Waals surface area contributed by atoms with E-state index in [1.165, 1.54) is 12.1 Å². The SMILES string of the molecule is C/C=C/C(=O)Nc1cc(C(F)(F)F)ccc1N1CCCC1. The predicted molar refractivity (Wildman–Crippen MR) is 76.3 cm³/mol. The molecule has 0 saturated carbocycles. The highest BCUT2D eigenvalue weighted by Gasteiger charge is 2.31. The van der Waals surface area contributed by atoms with E-state index in [9.17, 15) is 18.0 Å². The van der Waals surface area contributed by atoms with Crippen LogP contribution in [0.3, 0.4) is 0 Å². The van der Waals surface area contributed by atoms with E-state index in [4.69, 9.17) is 0 Å². The molecule has 2 rings (SSSR count). The zero-order valence-electron chi connectivity index (χ0n) is 11.7. The molecule has 1 saturated heterocycles. The fraction of sp³-hybridized carbons (Fsp3) is 0.400. The summed E-state index contributed by atoms with van der Waals surface area (Å²) >= 11 is 0. The summed E-state index contributed by atoms with van der Waals surface area (Å²) in [7, 11) is 0. The number of amides is 1. The van der Waals surface area contributed by atoms with Gasteiger partial charge < -0.3 is 10.2 Å². The molecule has 3 nitrogen and oxygen atoms in total. The molecule has 114 valence electrons. The van der Waals surface area contributed by atoms with Crippen molar-refractivity contribution in [1.29, 1.82) is 0 Å². The second-order valence-electron chi connectivity index (χ2n) is 4.91. The monoisotopic (exact) mass is 298 g/mol. The molecular weight excluding hydrogens is 281 g/mol. The van der Waals surface area contributed by atoms with E-state index in [1.54, 1.807) is 13.0 Å². The molecule has 1 heterocycles. The summed E-state index contributed by atoms with van der Waals surface area (Å²) in [6.07, 6.45) is 0.405. The van der Waals surface area contributed by atoms with Crippen LogP contribution in [0.2, 0.25) is 0 Å². The van der Waals surface area contributed by atoms with Crippen LogP contribution in [-0.4, -0.2) is 19.0 Å². The molecule has 1 fully saturated rings. The average molecular weight is 298 g/mol. The van der Waals surface area contributed by atoms with Gasteiger partial charge in [0.05, 0.1) is 16.9 Å². The van der Waals surface area contributed by atoms with E-state index in [0.29, 0.717) is 5.69 Å². The molecule has 0 aromatic heterocycles. The largest absolute Gasteiger partial charge is 0.416 e. The minimum Gasteiger partial charge on any atom is -0.370 e. The number of halogens is 3. The average Bonchev–Trinajstić information content (AvgIpc) is 2.91. The zero-order valence-corrected chi connectivity index (χ0v) is 11.7. The summed E-state index contributed by atoms with van der Waals surface area (Å²) in [5, 5.41) is 2.53. The molecule has 1 aromatic rings. The highest BCUT2D eigenvalue weighted by molar-refractivity contribution is 6.01. The highest BCUT2D eigenvalue weighted by atomic mass is 19.4. The molecule has 0 spiro atoms. The molecule has 1 aliphatic rings. The minimum absolute atomic E-state index is 0.204. The number of carbonyl (C=O) groups excluding carboxylic acids is 1. The Morgan fingerprint density at radius 3 is 2.52 bits per heavy atom. The van der Waals surface area contributed by atoms with E-state index < -0.39 is 17.6 Å². The second-order valence-corrected chi connectivity index (χ2v) is 4.91. The Morgan fingerprint density at radius 2 is 1.95 bits per heavy atom. The van der Waals surface area contributed by atoms with Crippen molar-refractivity contribution < 1.29 is 18.0 Å². The van der Waals surface area contributed by atoms with Crippen LogP contribution in [0.1, 0.15) is 25.3 Å². The first-order valence-electron chi connectivity index (χ1n) is 6.81. The smallest absolute Gasteiger partial charge is 0.370 e. The number of nitrogens with zero attached hydrogens (tertiary/aromatic N) is 1. The maximum Gasteiger partial charge on any atom is 0.416 e. The first-order valence-corrected chi connectivity index (χ1v) is 6.81. The lowest BCUT2D eigenvalue weighted by Gasteiger charge is -2.22. The maximum atomic E-state index is 12.8. The van der Waals surface area contributed by atoms with Crippen LogP contribution in [0.5, 0.6) is 0 Å². The number of nitrogens with one attached hydrogen (secondary N) is 1.